The van der Waals surface area contributed by atoms with E-state index in [4.69, 9.17) is 4.74 Å². The lowest BCUT2D eigenvalue weighted by atomic mass is 10.1. The van der Waals surface area contributed by atoms with Crippen molar-refractivity contribution in [2.75, 3.05) is 0 Å². The molecule has 132 valence electrons. The lowest BCUT2D eigenvalue weighted by molar-refractivity contribution is 0.216. The number of H-pyrrole nitrogens is 1. The van der Waals surface area contributed by atoms with Crippen LogP contribution in [-0.2, 0) is 0 Å². The number of ether oxygens (including phenoxy) is 1. The third kappa shape index (κ3) is 3.97. The molecule has 0 fully saturated rings. The van der Waals surface area contributed by atoms with E-state index in [1.807, 2.05) is 56.3 Å². The van der Waals surface area contributed by atoms with E-state index in [1.165, 1.54) is 0 Å². The largest absolute Gasteiger partial charge is 0.490 e. The Hall–Kier alpha value is -2.58. The van der Waals surface area contributed by atoms with Gasteiger partial charge in [-0.25, -0.2) is 4.98 Å². The van der Waals surface area contributed by atoms with Gasteiger partial charge < -0.3 is 9.72 Å². The summed E-state index contributed by atoms with van der Waals surface area (Å²) in [5, 5.41) is 9.58. The molecule has 5 heteroatoms. The van der Waals surface area contributed by atoms with Gasteiger partial charge in [-0.2, -0.15) is 5.26 Å². The summed E-state index contributed by atoms with van der Waals surface area (Å²) in [6.07, 6.45) is 2.92. The van der Waals surface area contributed by atoms with Crippen LogP contribution in [0.1, 0.15) is 37.2 Å². The smallest absolute Gasteiger partial charge is 0.149 e. The van der Waals surface area contributed by atoms with Gasteiger partial charge in [-0.3, -0.25) is 0 Å². The molecule has 0 spiro atoms. The second-order valence-electron chi connectivity index (χ2n) is 6.30. The average molecular weight is 410 g/mol. The molecule has 3 aromatic rings. The van der Waals surface area contributed by atoms with E-state index in [0.29, 0.717) is 11.4 Å². The van der Waals surface area contributed by atoms with E-state index in [2.05, 4.69) is 38.9 Å². The van der Waals surface area contributed by atoms with E-state index in [9.17, 15) is 5.26 Å². The fourth-order valence-corrected chi connectivity index (χ4v) is 3.06. The van der Waals surface area contributed by atoms with Crippen molar-refractivity contribution in [3.05, 3.63) is 57.8 Å². The fourth-order valence-electron chi connectivity index (χ4n) is 2.57. The molecular weight excluding hydrogens is 390 g/mol. The van der Waals surface area contributed by atoms with Gasteiger partial charge in [-0.05, 0) is 77.7 Å². The van der Waals surface area contributed by atoms with Gasteiger partial charge >= 0.3 is 0 Å². The second-order valence-corrected chi connectivity index (χ2v) is 7.16. The van der Waals surface area contributed by atoms with Gasteiger partial charge in [0.15, 0.2) is 0 Å². The summed E-state index contributed by atoms with van der Waals surface area (Å²) in [6.45, 7) is 6.16. The molecule has 4 nitrogen and oxygen atoms in total. The van der Waals surface area contributed by atoms with E-state index >= 15 is 0 Å². The molecule has 0 unspecified atom stereocenters. The highest BCUT2D eigenvalue weighted by atomic mass is 79.9. The molecule has 1 aromatic heterocycles. The van der Waals surface area contributed by atoms with E-state index in [0.717, 1.165) is 38.8 Å². The number of allylic oxidation sites excluding steroid dienone is 1. The first kappa shape index (κ1) is 18.2. The van der Waals surface area contributed by atoms with Crippen molar-refractivity contribution in [2.45, 2.75) is 33.3 Å². The molecule has 0 aliphatic heterocycles. The van der Waals surface area contributed by atoms with Gasteiger partial charge in [0.25, 0.3) is 0 Å². The summed E-state index contributed by atoms with van der Waals surface area (Å²) in [7, 11) is 0. The van der Waals surface area contributed by atoms with E-state index in [-0.39, 0.29) is 6.10 Å². The maximum atomic E-state index is 9.58. The number of nitriles is 1. The number of fused-ring (bicyclic) bond motifs is 1. The quantitative estimate of drug-likeness (QED) is 0.535. The first-order valence-corrected chi connectivity index (χ1v) is 9.34. The average Bonchev–Trinajstić information content (AvgIpc) is 3.04. The zero-order chi connectivity index (χ0) is 18.7. The Morgan fingerprint density at radius 2 is 2.15 bits per heavy atom. The number of hydrogen-bond acceptors (Lipinski definition) is 3. The minimum absolute atomic E-state index is 0.154. The Morgan fingerprint density at radius 3 is 2.85 bits per heavy atom. The number of benzene rings is 2. The minimum Gasteiger partial charge on any atom is -0.490 e. The molecule has 1 N–H and O–H groups in total. The van der Waals surface area contributed by atoms with Gasteiger partial charge in [0, 0.05) is 0 Å². The van der Waals surface area contributed by atoms with Crippen molar-refractivity contribution in [1.29, 1.82) is 5.26 Å². The molecule has 0 saturated carbocycles. The van der Waals surface area contributed by atoms with Gasteiger partial charge in [-0.1, -0.05) is 19.1 Å². The summed E-state index contributed by atoms with van der Waals surface area (Å²) in [5.74, 6) is 1.37. The van der Waals surface area contributed by atoms with Crippen molar-refractivity contribution in [3.8, 4) is 11.8 Å². The van der Waals surface area contributed by atoms with Crippen molar-refractivity contribution in [3.63, 3.8) is 0 Å². The SMILES string of the molecule is CC[C@H](C)Oc1ccc(/C=C(/C#N)c2nc3ccc(C)cc3[nH]2)cc1Br. The van der Waals surface area contributed by atoms with Crippen molar-refractivity contribution < 1.29 is 4.74 Å². The highest BCUT2D eigenvalue weighted by Gasteiger charge is 2.10. The number of aryl methyl sites for hydroxylation is 1. The number of nitrogens with one attached hydrogen (secondary N) is 1. The molecular formula is C21H20BrN3O. The lowest BCUT2D eigenvalue weighted by Gasteiger charge is -2.14. The molecule has 1 heterocycles. The summed E-state index contributed by atoms with van der Waals surface area (Å²) in [4.78, 5) is 7.76. The molecule has 0 aliphatic rings. The molecule has 0 aliphatic carbocycles. The Balaban J connectivity index is 1.93. The molecule has 3 rings (SSSR count). The van der Waals surface area contributed by atoms with Crippen LogP contribution < -0.4 is 4.74 Å². The highest BCUT2D eigenvalue weighted by Crippen LogP contribution is 2.29. The molecule has 1 atom stereocenters. The summed E-state index contributed by atoms with van der Waals surface area (Å²) in [6, 6.07) is 14.0. The van der Waals surface area contributed by atoms with Crippen molar-refractivity contribution >= 4 is 38.6 Å². The summed E-state index contributed by atoms with van der Waals surface area (Å²) >= 11 is 3.55. The molecule has 2 aromatic carbocycles. The van der Waals surface area contributed by atoms with Gasteiger partial charge in [0.05, 0.1) is 27.2 Å². The first-order chi connectivity index (χ1) is 12.5. The Kier molecular flexibility index (Phi) is 5.43. The number of hydrogen-bond donors (Lipinski definition) is 1. The number of nitrogens with zero attached hydrogens (tertiary/aromatic N) is 2. The normalized spacial score (nSPS) is 12.8. The fraction of sp³-hybridized carbons (Fsp3) is 0.238. The zero-order valence-electron chi connectivity index (χ0n) is 15.0. The topological polar surface area (TPSA) is 61.7 Å². The monoisotopic (exact) mass is 409 g/mol. The molecule has 0 radical (unpaired) electrons. The number of rotatable bonds is 5. The van der Waals surface area contributed by atoms with Crippen molar-refractivity contribution in [2.24, 2.45) is 0 Å². The Labute approximate surface area is 161 Å². The van der Waals surface area contributed by atoms with Crippen LogP contribution >= 0.6 is 15.9 Å². The van der Waals surface area contributed by atoms with Crippen LogP contribution in [0.25, 0.3) is 22.7 Å². The van der Waals surface area contributed by atoms with Crippen LogP contribution in [0.2, 0.25) is 0 Å². The van der Waals surface area contributed by atoms with Crippen LogP contribution in [0, 0.1) is 18.3 Å². The van der Waals surface area contributed by atoms with Crippen LogP contribution in [-0.4, -0.2) is 16.1 Å². The third-order valence-corrected chi connectivity index (χ3v) is 4.80. The first-order valence-electron chi connectivity index (χ1n) is 8.55. The van der Waals surface area contributed by atoms with Gasteiger partial charge in [0.2, 0.25) is 0 Å². The van der Waals surface area contributed by atoms with Gasteiger partial charge in [-0.15, -0.1) is 0 Å². The molecule has 0 bridgehead atoms. The minimum atomic E-state index is 0.154. The molecule has 26 heavy (non-hydrogen) atoms. The number of aromatic amines is 1. The number of aromatic nitrogens is 2. The predicted octanol–water partition coefficient (Wildman–Crippen LogP) is 5.88. The van der Waals surface area contributed by atoms with E-state index < -0.39 is 0 Å². The summed E-state index contributed by atoms with van der Waals surface area (Å²) in [5.41, 5.74) is 4.32. The van der Waals surface area contributed by atoms with Gasteiger partial charge in [0.1, 0.15) is 17.6 Å². The van der Waals surface area contributed by atoms with E-state index in [1.54, 1.807) is 0 Å². The lowest BCUT2D eigenvalue weighted by Crippen LogP contribution is -2.09. The number of halogens is 1. The molecule has 0 saturated heterocycles. The standard InChI is InChI=1S/C21H20BrN3O/c1-4-14(3)26-20-8-6-15(11-17(20)22)10-16(12-23)21-24-18-7-5-13(2)9-19(18)25-21/h5-11,14H,4H2,1-3H3,(H,24,25)/b16-10-/t14-/m0/s1. The van der Waals surface area contributed by atoms with Crippen LogP contribution in [0.15, 0.2) is 40.9 Å². The van der Waals surface area contributed by atoms with Crippen LogP contribution in [0.5, 0.6) is 5.75 Å². The summed E-state index contributed by atoms with van der Waals surface area (Å²) < 4.78 is 6.73. The number of imidazole rings is 1. The second kappa shape index (κ2) is 7.76. The third-order valence-electron chi connectivity index (χ3n) is 4.18. The molecule has 0 amide bonds. The predicted molar refractivity (Wildman–Crippen MR) is 109 cm³/mol. The zero-order valence-corrected chi connectivity index (χ0v) is 16.6. The van der Waals surface area contributed by atoms with Crippen molar-refractivity contribution in [1.82, 2.24) is 9.97 Å². The maximum Gasteiger partial charge on any atom is 0.149 e. The maximum absolute atomic E-state index is 9.58. The van der Waals surface area contributed by atoms with Crippen LogP contribution in [0.4, 0.5) is 0 Å². The Bertz CT molecular complexity index is 1010. The Morgan fingerprint density at radius 1 is 1.35 bits per heavy atom. The highest BCUT2D eigenvalue weighted by molar-refractivity contribution is 9.10. The van der Waals surface area contributed by atoms with Crippen LogP contribution in [0.3, 0.4) is 0 Å².